The maximum absolute atomic E-state index is 13.0. The van der Waals surface area contributed by atoms with Gasteiger partial charge >= 0.3 is 0 Å². The van der Waals surface area contributed by atoms with E-state index in [1.165, 1.54) is 11.3 Å². The lowest BCUT2D eigenvalue weighted by molar-refractivity contribution is -0.121. The van der Waals surface area contributed by atoms with E-state index in [-0.39, 0.29) is 17.7 Å². The molecule has 5 nitrogen and oxygen atoms in total. The highest BCUT2D eigenvalue weighted by Crippen LogP contribution is 2.33. The molecule has 6 heteroatoms. The number of nitrogens with zero attached hydrogens (tertiary/aromatic N) is 3. The summed E-state index contributed by atoms with van der Waals surface area (Å²) in [4.78, 5) is 34.6. The summed E-state index contributed by atoms with van der Waals surface area (Å²) in [6, 6.07) is 9.96. The van der Waals surface area contributed by atoms with Gasteiger partial charge in [-0.25, -0.2) is 4.98 Å². The van der Waals surface area contributed by atoms with Crippen LogP contribution in [-0.2, 0) is 17.8 Å². The number of benzene rings is 1. The van der Waals surface area contributed by atoms with E-state index in [0.29, 0.717) is 30.5 Å². The molecule has 2 amide bonds. The second-order valence-electron chi connectivity index (χ2n) is 6.82. The number of anilines is 1. The van der Waals surface area contributed by atoms with E-state index in [9.17, 15) is 9.59 Å². The van der Waals surface area contributed by atoms with Gasteiger partial charge in [0, 0.05) is 30.4 Å². The second kappa shape index (κ2) is 7.99. The number of amides is 2. The van der Waals surface area contributed by atoms with Gasteiger partial charge in [-0.3, -0.25) is 14.5 Å². The van der Waals surface area contributed by atoms with Crippen molar-refractivity contribution >= 4 is 29.0 Å². The normalized spacial score (nSPS) is 13.6. The van der Waals surface area contributed by atoms with Gasteiger partial charge in [-0.05, 0) is 25.3 Å². The highest BCUT2D eigenvalue weighted by Gasteiger charge is 2.30. The van der Waals surface area contributed by atoms with Gasteiger partial charge in [0.2, 0.25) is 5.91 Å². The van der Waals surface area contributed by atoms with Crippen molar-refractivity contribution in [2.75, 3.05) is 18.0 Å². The Hall–Kier alpha value is -2.21. The van der Waals surface area contributed by atoms with Gasteiger partial charge in [-0.2, -0.15) is 0 Å². The zero-order valence-corrected chi connectivity index (χ0v) is 16.4. The Kier molecular flexibility index (Phi) is 5.71. The van der Waals surface area contributed by atoms with Crippen molar-refractivity contribution in [3.05, 3.63) is 45.8 Å². The molecule has 0 fully saturated rings. The number of thiazole rings is 1. The Balaban J connectivity index is 1.83. The number of hydrogen-bond donors (Lipinski definition) is 0. The average molecular weight is 372 g/mol. The maximum Gasteiger partial charge on any atom is 0.283 e. The molecule has 2 heterocycles. The van der Waals surface area contributed by atoms with E-state index in [2.05, 4.69) is 4.98 Å². The Morgan fingerprint density at radius 1 is 1.27 bits per heavy atom. The summed E-state index contributed by atoms with van der Waals surface area (Å²) < 4.78 is 0. The van der Waals surface area contributed by atoms with E-state index in [1.54, 1.807) is 9.80 Å². The molecule has 0 atom stereocenters. The number of aromatic nitrogens is 1. The fraction of sp³-hybridized carbons (Fsp3) is 0.450. The maximum atomic E-state index is 13.0. The number of carbonyl (C=O) groups excluding carboxylic acids is 2. The summed E-state index contributed by atoms with van der Waals surface area (Å²) in [5.74, 6) is 0.630. The standard InChI is InChI=1S/C20H25N3O2S/c1-4-22(13-15-9-6-5-7-10-15)20(25)18-21-17-16(26-18)11-8-12-23(17)19(24)14(2)3/h5-7,9-10,14H,4,8,11-13H2,1-3H3. The molecule has 0 aliphatic carbocycles. The number of rotatable bonds is 5. The molecule has 0 N–H and O–H groups in total. The largest absolute Gasteiger partial charge is 0.333 e. The molecule has 0 bridgehead atoms. The van der Waals surface area contributed by atoms with E-state index < -0.39 is 0 Å². The van der Waals surface area contributed by atoms with Gasteiger partial charge in [-0.15, -0.1) is 11.3 Å². The molecule has 1 aromatic carbocycles. The lowest BCUT2D eigenvalue weighted by atomic mass is 10.1. The minimum Gasteiger partial charge on any atom is -0.333 e. The summed E-state index contributed by atoms with van der Waals surface area (Å²) in [6.07, 6.45) is 1.80. The predicted octanol–water partition coefficient (Wildman–Crippen LogP) is 3.74. The topological polar surface area (TPSA) is 53.5 Å². The fourth-order valence-electron chi connectivity index (χ4n) is 3.11. The third kappa shape index (κ3) is 3.80. The zero-order chi connectivity index (χ0) is 18.7. The van der Waals surface area contributed by atoms with E-state index in [0.717, 1.165) is 23.3 Å². The van der Waals surface area contributed by atoms with Crippen LogP contribution in [0.25, 0.3) is 0 Å². The summed E-state index contributed by atoms with van der Waals surface area (Å²) >= 11 is 1.43. The number of carbonyl (C=O) groups is 2. The molecule has 3 rings (SSSR count). The first-order valence-corrected chi connectivity index (χ1v) is 9.97. The van der Waals surface area contributed by atoms with Crippen LogP contribution in [0.4, 0.5) is 5.82 Å². The predicted molar refractivity (Wildman–Crippen MR) is 104 cm³/mol. The number of aryl methyl sites for hydroxylation is 1. The smallest absolute Gasteiger partial charge is 0.283 e. The minimum atomic E-state index is -0.0768. The van der Waals surface area contributed by atoms with Crippen LogP contribution < -0.4 is 4.90 Å². The molecule has 0 saturated carbocycles. The van der Waals surface area contributed by atoms with Crippen LogP contribution >= 0.6 is 11.3 Å². The molecule has 1 aromatic heterocycles. The van der Waals surface area contributed by atoms with Crippen molar-refractivity contribution in [3.8, 4) is 0 Å². The first-order valence-electron chi connectivity index (χ1n) is 9.15. The molecule has 0 unspecified atom stereocenters. The summed E-state index contributed by atoms with van der Waals surface area (Å²) in [6.45, 7) is 7.63. The monoisotopic (exact) mass is 371 g/mol. The van der Waals surface area contributed by atoms with Crippen LogP contribution in [0.15, 0.2) is 30.3 Å². The summed E-state index contributed by atoms with van der Waals surface area (Å²) in [7, 11) is 0. The second-order valence-corrected chi connectivity index (χ2v) is 7.90. The lowest BCUT2D eigenvalue weighted by Crippen LogP contribution is -2.38. The number of hydrogen-bond acceptors (Lipinski definition) is 4. The molecule has 2 aromatic rings. The molecule has 0 saturated heterocycles. The highest BCUT2D eigenvalue weighted by atomic mass is 32.1. The Bertz CT molecular complexity index is 786. The van der Waals surface area contributed by atoms with Gasteiger partial charge in [0.05, 0.1) is 0 Å². The van der Waals surface area contributed by atoms with Crippen molar-refractivity contribution < 1.29 is 9.59 Å². The quantitative estimate of drug-likeness (QED) is 0.804. The molecular weight excluding hydrogens is 346 g/mol. The third-order valence-corrected chi connectivity index (χ3v) is 5.64. The van der Waals surface area contributed by atoms with Gasteiger partial charge in [0.15, 0.2) is 5.01 Å². The van der Waals surface area contributed by atoms with Crippen LogP contribution in [0.5, 0.6) is 0 Å². The number of fused-ring (bicyclic) bond motifs is 1. The molecule has 0 radical (unpaired) electrons. The first-order chi connectivity index (χ1) is 12.5. The highest BCUT2D eigenvalue weighted by molar-refractivity contribution is 7.14. The van der Waals surface area contributed by atoms with Crippen molar-refractivity contribution in [1.82, 2.24) is 9.88 Å². The lowest BCUT2D eigenvalue weighted by Gasteiger charge is -2.27. The SMILES string of the molecule is CCN(Cc1ccccc1)C(=O)c1nc2c(s1)CCCN2C(=O)C(C)C. The fourth-order valence-corrected chi connectivity index (χ4v) is 4.18. The minimum absolute atomic E-state index is 0.0623. The summed E-state index contributed by atoms with van der Waals surface area (Å²) in [5, 5.41) is 0.483. The van der Waals surface area contributed by atoms with E-state index in [1.807, 2.05) is 51.1 Å². The third-order valence-electron chi connectivity index (χ3n) is 4.55. The van der Waals surface area contributed by atoms with Gasteiger partial charge < -0.3 is 4.90 Å². The van der Waals surface area contributed by atoms with Crippen LogP contribution in [0.3, 0.4) is 0 Å². The Morgan fingerprint density at radius 3 is 2.65 bits per heavy atom. The Morgan fingerprint density at radius 2 is 2.00 bits per heavy atom. The first kappa shape index (κ1) is 18.6. The van der Waals surface area contributed by atoms with Crippen LogP contribution in [0, 0.1) is 5.92 Å². The molecular formula is C20H25N3O2S. The molecule has 1 aliphatic rings. The summed E-state index contributed by atoms with van der Waals surface area (Å²) in [5.41, 5.74) is 1.10. The van der Waals surface area contributed by atoms with Crippen LogP contribution in [0.1, 0.15) is 47.4 Å². The van der Waals surface area contributed by atoms with Gasteiger partial charge in [0.25, 0.3) is 5.91 Å². The van der Waals surface area contributed by atoms with Crippen molar-refractivity contribution in [1.29, 1.82) is 0 Å². The van der Waals surface area contributed by atoms with Crippen LogP contribution in [0.2, 0.25) is 0 Å². The van der Waals surface area contributed by atoms with Crippen molar-refractivity contribution in [2.24, 2.45) is 5.92 Å². The molecule has 26 heavy (non-hydrogen) atoms. The van der Waals surface area contributed by atoms with E-state index in [4.69, 9.17) is 0 Å². The molecule has 1 aliphatic heterocycles. The zero-order valence-electron chi connectivity index (χ0n) is 15.6. The van der Waals surface area contributed by atoms with E-state index >= 15 is 0 Å². The van der Waals surface area contributed by atoms with Crippen LogP contribution in [-0.4, -0.2) is 34.8 Å². The average Bonchev–Trinajstić information content (AvgIpc) is 3.10. The van der Waals surface area contributed by atoms with Crippen molar-refractivity contribution in [3.63, 3.8) is 0 Å². The molecule has 0 spiro atoms. The van der Waals surface area contributed by atoms with Gasteiger partial charge in [0.1, 0.15) is 5.82 Å². The van der Waals surface area contributed by atoms with Crippen molar-refractivity contribution in [2.45, 2.75) is 40.2 Å². The van der Waals surface area contributed by atoms with Gasteiger partial charge in [-0.1, -0.05) is 44.2 Å². The molecule has 138 valence electrons. The Labute approximate surface area is 158 Å².